The van der Waals surface area contributed by atoms with Crippen molar-refractivity contribution in [2.45, 2.75) is 9.79 Å². The molecule has 0 radical (unpaired) electrons. The van der Waals surface area contributed by atoms with Crippen LogP contribution in [0.1, 0.15) is 10.5 Å². The summed E-state index contributed by atoms with van der Waals surface area (Å²) in [6, 6.07) is 21.9. The van der Waals surface area contributed by atoms with Crippen LogP contribution in [0.5, 0.6) is 0 Å². The van der Waals surface area contributed by atoms with Gasteiger partial charge in [0.05, 0.1) is 11.4 Å². The molecular weight excluding hydrogens is 410 g/mol. The number of amides is 1. The van der Waals surface area contributed by atoms with Gasteiger partial charge >= 0.3 is 17.2 Å². The highest BCUT2D eigenvalue weighted by Crippen LogP contribution is 2.49. The van der Waals surface area contributed by atoms with Crippen molar-refractivity contribution in [3.8, 4) is 5.69 Å². The van der Waals surface area contributed by atoms with Crippen molar-refractivity contribution in [1.82, 2.24) is 5.27 Å². The number of rotatable bonds is 2. The Labute approximate surface area is 174 Å². The van der Waals surface area contributed by atoms with Crippen LogP contribution in [0.2, 0.25) is 5.02 Å². The van der Waals surface area contributed by atoms with E-state index in [0.29, 0.717) is 22.1 Å². The van der Waals surface area contributed by atoms with Gasteiger partial charge in [-0.3, -0.25) is 14.2 Å². The normalized spacial score (nSPS) is 12.4. The second-order valence-corrected chi connectivity index (χ2v) is 7.84. The van der Waals surface area contributed by atoms with Gasteiger partial charge in [0.2, 0.25) is 5.69 Å². The van der Waals surface area contributed by atoms with Crippen LogP contribution < -0.4 is 15.2 Å². The Morgan fingerprint density at radius 2 is 1.69 bits per heavy atom. The van der Waals surface area contributed by atoms with E-state index in [-0.39, 0.29) is 5.69 Å². The fourth-order valence-electron chi connectivity index (χ4n) is 3.27. The molecule has 1 aromatic heterocycles. The summed E-state index contributed by atoms with van der Waals surface area (Å²) in [5.41, 5.74) is 1.01. The smallest absolute Gasteiger partial charge is 0.282 e. The molecular formula is C21H13ClN3O3S+. The number of H-pyrrole nitrogens is 1. The zero-order valence-electron chi connectivity index (χ0n) is 14.8. The zero-order chi connectivity index (χ0) is 20.0. The number of aromatic amines is 1. The molecule has 2 heterocycles. The molecule has 1 aliphatic rings. The van der Waals surface area contributed by atoms with E-state index in [1.165, 1.54) is 9.58 Å². The zero-order valence-corrected chi connectivity index (χ0v) is 16.4. The van der Waals surface area contributed by atoms with E-state index in [9.17, 15) is 9.59 Å². The lowest BCUT2D eigenvalue weighted by Gasteiger charge is -2.29. The van der Waals surface area contributed by atoms with Crippen molar-refractivity contribution in [2.75, 3.05) is 4.90 Å². The van der Waals surface area contributed by atoms with E-state index in [1.807, 2.05) is 48.5 Å². The summed E-state index contributed by atoms with van der Waals surface area (Å²) in [5, 5.41) is 3.02. The van der Waals surface area contributed by atoms with Crippen LogP contribution in [-0.2, 0) is 0 Å². The minimum absolute atomic E-state index is 0.135. The Bertz CT molecular complexity index is 1300. The second-order valence-electron chi connectivity index (χ2n) is 6.32. The summed E-state index contributed by atoms with van der Waals surface area (Å²) in [6.45, 7) is 0. The van der Waals surface area contributed by atoms with E-state index in [4.69, 9.17) is 16.1 Å². The highest BCUT2D eigenvalue weighted by Gasteiger charge is 2.39. The highest BCUT2D eigenvalue weighted by atomic mass is 35.5. The third kappa shape index (κ3) is 2.95. The van der Waals surface area contributed by atoms with Gasteiger partial charge in [-0.15, -0.1) is 0 Å². The molecule has 5 rings (SSSR count). The molecule has 0 unspecified atom stereocenters. The molecule has 0 aliphatic carbocycles. The maximum atomic E-state index is 13.7. The summed E-state index contributed by atoms with van der Waals surface area (Å²) in [6.07, 6.45) is 0. The number of benzene rings is 3. The fraction of sp³-hybridized carbons (Fsp3) is 0. The minimum Gasteiger partial charge on any atom is -0.282 e. The number of carbonyl (C=O) groups excluding carboxylic acids is 1. The third-order valence-corrected chi connectivity index (χ3v) is 5.92. The molecule has 4 aromatic rings. The first kappa shape index (κ1) is 17.8. The Morgan fingerprint density at radius 1 is 0.966 bits per heavy atom. The predicted octanol–water partition coefficient (Wildman–Crippen LogP) is 4.34. The highest BCUT2D eigenvalue weighted by molar-refractivity contribution is 7.99. The van der Waals surface area contributed by atoms with Gasteiger partial charge in [0.1, 0.15) is 0 Å². The van der Waals surface area contributed by atoms with Gasteiger partial charge in [-0.05, 0) is 40.3 Å². The van der Waals surface area contributed by atoms with Crippen LogP contribution in [0.15, 0.2) is 91.9 Å². The van der Waals surface area contributed by atoms with Crippen LogP contribution in [0.4, 0.5) is 11.4 Å². The number of fused-ring (bicyclic) bond motifs is 2. The summed E-state index contributed by atoms with van der Waals surface area (Å²) in [4.78, 5) is 29.5. The van der Waals surface area contributed by atoms with Crippen LogP contribution in [-0.4, -0.2) is 11.2 Å². The molecule has 142 valence electrons. The number of hydrogen-bond donors (Lipinski definition) is 1. The first-order valence-corrected chi connectivity index (χ1v) is 9.93. The van der Waals surface area contributed by atoms with Gasteiger partial charge in [0.15, 0.2) is 0 Å². The van der Waals surface area contributed by atoms with E-state index >= 15 is 0 Å². The number of anilines is 2. The summed E-state index contributed by atoms with van der Waals surface area (Å²) in [7, 11) is 0. The van der Waals surface area contributed by atoms with E-state index in [2.05, 4.69) is 5.27 Å². The average molecular weight is 423 g/mol. The topological polar surface area (TPSA) is 70.2 Å². The molecule has 29 heavy (non-hydrogen) atoms. The number of nitrogens with zero attached hydrogens (tertiary/aromatic N) is 2. The van der Waals surface area contributed by atoms with Gasteiger partial charge in [-0.1, -0.05) is 53.7 Å². The molecule has 0 spiro atoms. The number of hydrogen-bond acceptors (Lipinski definition) is 4. The number of nitrogens with one attached hydrogen (secondary N) is 1. The quantitative estimate of drug-likeness (QED) is 0.488. The standard InChI is InChI=1S/C21H12ClN3O3S/c22-13-10-11-18-16(12-13)24(15-8-4-5-9-17(15)29-18)20(26)19-21(27)28-23-25(19)14-6-2-1-3-7-14/h1-12H/p+1. The molecule has 0 saturated heterocycles. The molecule has 0 bridgehead atoms. The average Bonchev–Trinajstić information content (AvgIpc) is 3.13. The SMILES string of the molecule is O=C(c1c(=O)o[nH][n+]1-c1ccccc1)N1c2ccccc2Sc2ccc(Cl)cc21. The predicted molar refractivity (Wildman–Crippen MR) is 109 cm³/mol. The monoisotopic (exact) mass is 422 g/mol. The maximum absolute atomic E-state index is 13.7. The van der Waals surface area contributed by atoms with Crippen molar-refractivity contribution in [2.24, 2.45) is 0 Å². The molecule has 0 fully saturated rings. The molecule has 0 atom stereocenters. The minimum atomic E-state index is -0.752. The van der Waals surface area contributed by atoms with Gasteiger partial charge in [-0.2, -0.15) is 0 Å². The third-order valence-electron chi connectivity index (χ3n) is 4.55. The lowest BCUT2D eigenvalue weighted by Crippen LogP contribution is -2.45. The van der Waals surface area contributed by atoms with Crippen LogP contribution >= 0.6 is 23.4 Å². The summed E-state index contributed by atoms with van der Waals surface area (Å²) >= 11 is 7.76. The van der Waals surface area contributed by atoms with Crippen molar-refractivity contribution in [3.05, 3.63) is 93.9 Å². The summed E-state index contributed by atoms with van der Waals surface area (Å²) in [5.74, 6) is -0.514. The molecule has 1 N–H and O–H groups in total. The molecule has 1 aliphatic heterocycles. The van der Waals surface area contributed by atoms with E-state index < -0.39 is 11.5 Å². The second kappa shape index (κ2) is 6.95. The Balaban J connectivity index is 1.72. The number of carbonyl (C=O) groups is 1. The van der Waals surface area contributed by atoms with Gasteiger partial charge < -0.3 is 0 Å². The molecule has 1 amide bonds. The number of halogens is 1. The first-order chi connectivity index (χ1) is 14.1. The Hall–Kier alpha value is -3.29. The molecule has 3 aromatic carbocycles. The molecule has 0 saturated carbocycles. The van der Waals surface area contributed by atoms with Gasteiger partial charge in [-0.25, -0.2) is 4.79 Å². The summed E-state index contributed by atoms with van der Waals surface area (Å²) < 4.78 is 6.31. The first-order valence-electron chi connectivity index (χ1n) is 8.73. The number of aromatic nitrogens is 2. The van der Waals surface area contributed by atoms with Crippen molar-refractivity contribution in [3.63, 3.8) is 0 Å². The van der Waals surface area contributed by atoms with E-state index in [0.717, 1.165) is 9.79 Å². The van der Waals surface area contributed by atoms with Crippen LogP contribution in [0, 0.1) is 0 Å². The molecule has 6 nitrogen and oxygen atoms in total. The lowest BCUT2D eigenvalue weighted by molar-refractivity contribution is -0.672. The number of para-hydroxylation sites is 2. The van der Waals surface area contributed by atoms with Crippen LogP contribution in [0.3, 0.4) is 0 Å². The largest absolute Gasteiger partial charge is 0.441 e. The maximum Gasteiger partial charge on any atom is 0.441 e. The van der Waals surface area contributed by atoms with Crippen LogP contribution in [0.25, 0.3) is 5.69 Å². The van der Waals surface area contributed by atoms with Gasteiger partial charge in [0, 0.05) is 26.9 Å². The van der Waals surface area contributed by atoms with Crippen molar-refractivity contribution < 1.29 is 14.0 Å². The van der Waals surface area contributed by atoms with E-state index in [1.54, 1.807) is 36.0 Å². The fourth-order valence-corrected chi connectivity index (χ4v) is 4.47. The lowest BCUT2D eigenvalue weighted by atomic mass is 10.2. The molecule has 8 heteroatoms. The van der Waals surface area contributed by atoms with Crippen molar-refractivity contribution in [1.29, 1.82) is 0 Å². The Morgan fingerprint density at radius 3 is 2.52 bits per heavy atom. The Kier molecular flexibility index (Phi) is 4.26. The van der Waals surface area contributed by atoms with Gasteiger partial charge in [0.25, 0.3) is 0 Å². The van der Waals surface area contributed by atoms with Crippen molar-refractivity contribution >= 4 is 40.6 Å².